The summed E-state index contributed by atoms with van der Waals surface area (Å²) in [6, 6.07) is 4.46. The van der Waals surface area contributed by atoms with Crippen LogP contribution in [0, 0.1) is 6.92 Å². The number of hydrogen-bond acceptors (Lipinski definition) is 4. The maximum Gasteiger partial charge on any atom is 0.345 e. The summed E-state index contributed by atoms with van der Waals surface area (Å²) >= 11 is 5.89. The van der Waals surface area contributed by atoms with Gasteiger partial charge in [0.05, 0.1) is 4.90 Å². The molecule has 130 valence electrons. The molecule has 0 amide bonds. The largest absolute Gasteiger partial charge is 0.345 e. The average molecular weight is 371 g/mol. The highest BCUT2D eigenvalue weighted by molar-refractivity contribution is 7.89. The van der Waals surface area contributed by atoms with E-state index in [1.165, 1.54) is 10.7 Å². The van der Waals surface area contributed by atoms with Crippen molar-refractivity contribution in [2.75, 3.05) is 0 Å². The van der Waals surface area contributed by atoms with Crippen LogP contribution >= 0.6 is 11.6 Å². The average Bonchev–Trinajstić information content (AvgIpc) is 2.65. The van der Waals surface area contributed by atoms with Crippen molar-refractivity contribution < 1.29 is 8.42 Å². The Balaban J connectivity index is 1.78. The quantitative estimate of drug-likeness (QED) is 0.880. The third kappa shape index (κ3) is 3.26. The van der Waals surface area contributed by atoms with Gasteiger partial charge in [0.2, 0.25) is 10.0 Å². The highest BCUT2D eigenvalue weighted by atomic mass is 35.5. The SMILES string of the molecule is Cc1cc(Cl)ccc1S(=O)(=O)NC1CCc2nn(C)c(=O)n2CC1. The summed E-state index contributed by atoms with van der Waals surface area (Å²) < 4.78 is 30.9. The maximum absolute atomic E-state index is 12.6. The van der Waals surface area contributed by atoms with Crippen LogP contribution in [0.15, 0.2) is 27.9 Å². The molecule has 9 heteroatoms. The van der Waals surface area contributed by atoms with Crippen LogP contribution in [0.2, 0.25) is 5.02 Å². The fourth-order valence-electron chi connectivity index (χ4n) is 3.01. The van der Waals surface area contributed by atoms with Crippen LogP contribution in [0.25, 0.3) is 0 Å². The Bertz CT molecular complexity index is 933. The summed E-state index contributed by atoms with van der Waals surface area (Å²) in [5, 5.41) is 4.70. The minimum absolute atomic E-state index is 0.165. The van der Waals surface area contributed by atoms with Gasteiger partial charge < -0.3 is 0 Å². The standard InChI is InChI=1S/C15H19ClN4O3S/c1-10-9-11(16)3-5-13(10)24(22,23)18-12-4-6-14-17-19(2)15(21)20(14)8-7-12/h3,5,9,12,18H,4,6-8H2,1-2H3. The van der Waals surface area contributed by atoms with Gasteiger partial charge in [-0.25, -0.2) is 22.6 Å². The Morgan fingerprint density at radius 1 is 1.33 bits per heavy atom. The molecule has 1 aromatic heterocycles. The topological polar surface area (TPSA) is 86.0 Å². The van der Waals surface area contributed by atoms with Crippen molar-refractivity contribution in [1.82, 2.24) is 19.1 Å². The molecule has 1 unspecified atom stereocenters. The molecule has 1 aliphatic heterocycles. The van der Waals surface area contributed by atoms with Crippen molar-refractivity contribution in [2.45, 2.75) is 43.7 Å². The number of aromatic nitrogens is 3. The van der Waals surface area contributed by atoms with Gasteiger partial charge in [0.1, 0.15) is 5.82 Å². The molecule has 0 radical (unpaired) electrons. The van der Waals surface area contributed by atoms with Gasteiger partial charge in [0.25, 0.3) is 0 Å². The molecule has 7 nitrogen and oxygen atoms in total. The van der Waals surface area contributed by atoms with Crippen LogP contribution in [0.4, 0.5) is 0 Å². The molecule has 24 heavy (non-hydrogen) atoms. The van der Waals surface area contributed by atoms with Crippen molar-refractivity contribution in [2.24, 2.45) is 7.05 Å². The van der Waals surface area contributed by atoms with Crippen molar-refractivity contribution in [3.63, 3.8) is 0 Å². The molecule has 2 heterocycles. The summed E-state index contributed by atoms with van der Waals surface area (Å²) in [5.74, 6) is 0.701. The number of aryl methyl sites for hydroxylation is 3. The normalized spacial score (nSPS) is 18.2. The highest BCUT2D eigenvalue weighted by Crippen LogP contribution is 2.21. The third-order valence-electron chi connectivity index (χ3n) is 4.25. The fraction of sp³-hybridized carbons (Fsp3) is 0.467. The van der Waals surface area contributed by atoms with Gasteiger partial charge in [-0.3, -0.25) is 4.57 Å². The third-order valence-corrected chi connectivity index (χ3v) is 6.17. The number of benzene rings is 1. The van der Waals surface area contributed by atoms with Gasteiger partial charge in [0.15, 0.2) is 0 Å². The molecular weight excluding hydrogens is 352 g/mol. The Hall–Kier alpha value is -1.64. The molecule has 0 fully saturated rings. The van der Waals surface area contributed by atoms with E-state index in [1.54, 1.807) is 30.7 Å². The molecule has 0 spiro atoms. The lowest BCUT2D eigenvalue weighted by Crippen LogP contribution is -2.36. The molecule has 1 aromatic carbocycles. The first kappa shape index (κ1) is 17.2. The second-order valence-electron chi connectivity index (χ2n) is 6.03. The molecule has 1 aliphatic rings. The van der Waals surface area contributed by atoms with E-state index in [9.17, 15) is 13.2 Å². The molecule has 1 atom stereocenters. The van der Waals surface area contributed by atoms with Crippen LogP contribution in [-0.2, 0) is 30.0 Å². The van der Waals surface area contributed by atoms with Crippen LogP contribution < -0.4 is 10.4 Å². The molecule has 1 N–H and O–H groups in total. The lowest BCUT2D eigenvalue weighted by Gasteiger charge is -2.17. The molecule has 2 aromatic rings. The summed E-state index contributed by atoms with van der Waals surface area (Å²) in [7, 11) is -2.02. The van der Waals surface area contributed by atoms with E-state index >= 15 is 0 Å². The Kier molecular flexibility index (Phi) is 4.54. The predicted molar refractivity (Wildman–Crippen MR) is 90.7 cm³/mol. The number of rotatable bonds is 3. The van der Waals surface area contributed by atoms with E-state index in [1.807, 2.05) is 0 Å². The van der Waals surface area contributed by atoms with Crippen LogP contribution in [0.1, 0.15) is 24.2 Å². The number of sulfonamides is 1. The van der Waals surface area contributed by atoms with Gasteiger partial charge in [-0.2, -0.15) is 5.10 Å². The first-order valence-electron chi connectivity index (χ1n) is 7.69. The predicted octanol–water partition coefficient (Wildman–Crippen LogP) is 1.23. The van der Waals surface area contributed by atoms with Crippen molar-refractivity contribution in [1.29, 1.82) is 0 Å². The van der Waals surface area contributed by atoms with E-state index in [4.69, 9.17) is 11.6 Å². The zero-order valence-corrected chi connectivity index (χ0v) is 15.1. The van der Waals surface area contributed by atoms with Gasteiger partial charge >= 0.3 is 5.69 Å². The molecular formula is C15H19ClN4O3S. The Morgan fingerprint density at radius 2 is 2.08 bits per heavy atom. The first-order valence-corrected chi connectivity index (χ1v) is 9.55. The van der Waals surface area contributed by atoms with Crippen molar-refractivity contribution in [3.8, 4) is 0 Å². The maximum atomic E-state index is 12.6. The van der Waals surface area contributed by atoms with Crippen LogP contribution in [-0.4, -0.2) is 28.8 Å². The number of nitrogens with zero attached hydrogens (tertiary/aromatic N) is 3. The molecule has 0 bridgehead atoms. The smallest absolute Gasteiger partial charge is 0.279 e. The van der Waals surface area contributed by atoms with E-state index in [0.717, 1.165) is 0 Å². The minimum atomic E-state index is -3.63. The van der Waals surface area contributed by atoms with Gasteiger partial charge in [-0.1, -0.05) is 11.6 Å². The van der Waals surface area contributed by atoms with E-state index < -0.39 is 10.0 Å². The number of halogens is 1. The van der Waals surface area contributed by atoms with Crippen LogP contribution in [0.5, 0.6) is 0 Å². The zero-order chi connectivity index (χ0) is 17.5. The zero-order valence-electron chi connectivity index (χ0n) is 13.5. The molecule has 0 saturated carbocycles. The van der Waals surface area contributed by atoms with Crippen LogP contribution in [0.3, 0.4) is 0 Å². The summed E-state index contributed by atoms with van der Waals surface area (Å²) in [5.41, 5.74) is 0.437. The van der Waals surface area contributed by atoms with Crippen molar-refractivity contribution in [3.05, 3.63) is 45.1 Å². The minimum Gasteiger partial charge on any atom is -0.279 e. The Morgan fingerprint density at radius 3 is 2.79 bits per heavy atom. The van der Waals surface area contributed by atoms with E-state index in [2.05, 4.69) is 9.82 Å². The number of nitrogens with one attached hydrogen (secondary N) is 1. The van der Waals surface area contributed by atoms with Gasteiger partial charge in [-0.05, 0) is 43.5 Å². The number of fused-ring (bicyclic) bond motifs is 1. The lowest BCUT2D eigenvalue weighted by atomic mass is 10.1. The fourth-order valence-corrected chi connectivity index (χ4v) is 4.77. The molecule has 0 saturated heterocycles. The number of hydrogen-bond donors (Lipinski definition) is 1. The lowest BCUT2D eigenvalue weighted by molar-refractivity contribution is 0.489. The summed E-state index contributed by atoms with van der Waals surface area (Å²) in [6.45, 7) is 2.17. The van der Waals surface area contributed by atoms with E-state index in [0.29, 0.717) is 42.2 Å². The van der Waals surface area contributed by atoms with Crippen molar-refractivity contribution >= 4 is 21.6 Å². The highest BCUT2D eigenvalue weighted by Gasteiger charge is 2.25. The second kappa shape index (κ2) is 6.34. The first-order chi connectivity index (χ1) is 11.3. The Labute approximate surface area is 145 Å². The second-order valence-corrected chi connectivity index (χ2v) is 8.15. The van der Waals surface area contributed by atoms with E-state index in [-0.39, 0.29) is 16.6 Å². The molecule has 3 rings (SSSR count). The van der Waals surface area contributed by atoms with Gasteiger partial charge in [-0.15, -0.1) is 0 Å². The monoisotopic (exact) mass is 370 g/mol. The molecule has 0 aliphatic carbocycles. The summed E-state index contributed by atoms with van der Waals surface area (Å²) in [6.07, 6.45) is 1.70. The van der Waals surface area contributed by atoms with Gasteiger partial charge in [0, 0.05) is 31.1 Å². The summed E-state index contributed by atoms with van der Waals surface area (Å²) in [4.78, 5) is 12.2.